The lowest BCUT2D eigenvalue weighted by molar-refractivity contribution is 0.120. The summed E-state index contributed by atoms with van der Waals surface area (Å²) in [6.07, 6.45) is 0. The number of piperazine rings is 1. The van der Waals surface area contributed by atoms with Crippen molar-refractivity contribution in [3.8, 4) is 11.1 Å². The van der Waals surface area contributed by atoms with Crippen LogP contribution in [0, 0.1) is 0 Å². The third-order valence-electron chi connectivity index (χ3n) is 5.74. The van der Waals surface area contributed by atoms with Gasteiger partial charge in [-0.2, -0.15) is 0 Å². The molecule has 1 N–H and O–H groups in total. The molecule has 158 valence electrons. The number of aromatic amines is 1. The van der Waals surface area contributed by atoms with Gasteiger partial charge in [0, 0.05) is 48.7 Å². The molecule has 0 saturated carbocycles. The van der Waals surface area contributed by atoms with Crippen LogP contribution in [0.1, 0.15) is 11.4 Å². The number of halogens is 1. The lowest BCUT2D eigenvalue weighted by Gasteiger charge is -2.34. The zero-order valence-electron chi connectivity index (χ0n) is 17.1. The van der Waals surface area contributed by atoms with Gasteiger partial charge < -0.3 is 4.98 Å². The van der Waals surface area contributed by atoms with Crippen molar-refractivity contribution in [1.29, 1.82) is 0 Å². The highest BCUT2D eigenvalue weighted by atomic mass is 35.5. The van der Waals surface area contributed by atoms with Gasteiger partial charge in [0.1, 0.15) is 10.7 Å². The van der Waals surface area contributed by atoms with E-state index in [-0.39, 0.29) is 5.56 Å². The third kappa shape index (κ3) is 4.57. The van der Waals surface area contributed by atoms with Crippen molar-refractivity contribution in [3.05, 3.63) is 86.7 Å². The zero-order chi connectivity index (χ0) is 21.2. The molecule has 0 aliphatic carbocycles. The molecule has 1 fully saturated rings. The highest BCUT2D eigenvalue weighted by Gasteiger charge is 2.19. The Kier molecular flexibility index (Phi) is 5.87. The van der Waals surface area contributed by atoms with E-state index in [1.54, 1.807) is 0 Å². The lowest BCUT2D eigenvalue weighted by atomic mass is 10.1. The summed E-state index contributed by atoms with van der Waals surface area (Å²) in [4.78, 5) is 26.2. The smallest absolute Gasteiger partial charge is 0.260 e. The number of hydrogen-bond donors (Lipinski definition) is 1. The molecule has 1 aliphatic heterocycles. The molecule has 0 spiro atoms. The second-order valence-electron chi connectivity index (χ2n) is 7.89. The van der Waals surface area contributed by atoms with E-state index in [4.69, 9.17) is 16.6 Å². The van der Waals surface area contributed by atoms with Crippen LogP contribution in [0.25, 0.3) is 21.3 Å². The highest BCUT2D eigenvalue weighted by Crippen LogP contribution is 2.30. The molecular weight excluding hydrogens is 428 g/mol. The average Bonchev–Trinajstić information content (AvgIpc) is 3.22. The Morgan fingerprint density at radius 1 is 0.935 bits per heavy atom. The zero-order valence-corrected chi connectivity index (χ0v) is 18.6. The molecule has 4 aromatic rings. The molecule has 0 bridgehead atoms. The summed E-state index contributed by atoms with van der Waals surface area (Å²) in [7, 11) is 0. The van der Waals surface area contributed by atoms with E-state index in [1.807, 2.05) is 47.8 Å². The van der Waals surface area contributed by atoms with Crippen molar-refractivity contribution in [2.24, 2.45) is 0 Å². The predicted molar refractivity (Wildman–Crippen MR) is 128 cm³/mol. The van der Waals surface area contributed by atoms with Crippen LogP contribution in [0.4, 0.5) is 0 Å². The van der Waals surface area contributed by atoms with Crippen LogP contribution in [0.3, 0.4) is 0 Å². The van der Waals surface area contributed by atoms with Gasteiger partial charge in [-0.25, -0.2) is 4.98 Å². The fraction of sp³-hybridized carbons (Fsp3) is 0.250. The van der Waals surface area contributed by atoms with Gasteiger partial charge in [0.25, 0.3) is 5.56 Å². The molecular formula is C24H23ClN4OS. The van der Waals surface area contributed by atoms with Crippen LogP contribution in [-0.4, -0.2) is 45.9 Å². The standard InChI is InChI=1S/C24H23ClN4OS/c25-19-8-6-17(7-9-19)14-28-10-12-29(13-11-28)15-21-26-23(30)22-20(16-31-24(22)27-21)18-4-2-1-3-5-18/h1-9,16H,10-15H2,(H,26,27,30). The van der Waals surface area contributed by atoms with Crippen LogP contribution in [-0.2, 0) is 13.1 Å². The van der Waals surface area contributed by atoms with Gasteiger partial charge in [0.2, 0.25) is 0 Å². The number of H-pyrrole nitrogens is 1. The largest absolute Gasteiger partial charge is 0.309 e. The Hall–Kier alpha value is -2.51. The number of rotatable bonds is 5. The summed E-state index contributed by atoms with van der Waals surface area (Å²) in [5.41, 5.74) is 3.23. The Balaban J connectivity index is 1.25. The minimum absolute atomic E-state index is 0.0542. The molecule has 3 heterocycles. The van der Waals surface area contributed by atoms with E-state index < -0.39 is 0 Å². The summed E-state index contributed by atoms with van der Waals surface area (Å²) in [6, 6.07) is 18.1. The molecule has 0 atom stereocenters. The first-order valence-corrected chi connectivity index (χ1v) is 11.7. The van der Waals surface area contributed by atoms with E-state index in [0.717, 1.165) is 59.5 Å². The van der Waals surface area contributed by atoms with Crippen molar-refractivity contribution >= 4 is 33.2 Å². The molecule has 2 aromatic heterocycles. The Morgan fingerprint density at radius 2 is 1.61 bits per heavy atom. The number of nitrogens with one attached hydrogen (secondary N) is 1. The fourth-order valence-corrected chi connectivity index (χ4v) is 5.16. The number of fused-ring (bicyclic) bond motifs is 1. The Labute approximate surface area is 189 Å². The summed E-state index contributed by atoms with van der Waals surface area (Å²) in [5.74, 6) is 0.741. The van der Waals surface area contributed by atoms with Gasteiger partial charge in [-0.15, -0.1) is 11.3 Å². The van der Waals surface area contributed by atoms with Crippen LogP contribution in [0.2, 0.25) is 5.02 Å². The van der Waals surface area contributed by atoms with Crippen LogP contribution >= 0.6 is 22.9 Å². The Bertz CT molecular complexity index is 1230. The van der Waals surface area contributed by atoms with Crippen molar-refractivity contribution in [3.63, 3.8) is 0 Å². The number of aromatic nitrogens is 2. The quantitative estimate of drug-likeness (QED) is 0.482. The van der Waals surface area contributed by atoms with Crippen molar-refractivity contribution in [2.45, 2.75) is 13.1 Å². The molecule has 1 aliphatic rings. The van der Waals surface area contributed by atoms with E-state index in [9.17, 15) is 4.79 Å². The van der Waals surface area contributed by atoms with Crippen molar-refractivity contribution in [1.82, 2.24) is 19.8 Å². The summed E-state index contributed by atoms with van der Waals surface area (Å²) in [5, 5.41) is 3.49. The highest BCUT2D eigenvalue weighted by molar-refractivity contribution is 7.17. The van der Waals surface area contributed by atoms with Crippen molar-refractivity contribution in [2.75, 3.05) is 26.2 Å². The first kappa shape index (κ1) is 20.4. The molecule has 0 radical (unpaired) electrons. The van der Waals surface area contributed by atoms with E-state index in [1.165, 1.54) is 16.9 Å². The minimum atomic E-state index is -0.0542. The molecule has 2 aromatic carbocycles. The van der Waals surface area contributed by atoms with Crippen LogP contribution < -0.4 is 5.56 Å². The number of hydrogen-bond acceptors (Lipinski definition) is 5. The second-order valence-corrected chi connectivity index (χ2v) is 9.18. The summed E-state index contributed by atoms with van der Waals surface area (Å²) in [6.45, 7) is 5.49. The molecule has 0 unspecified atom stereocenters. The van der Waals surface area contributed by atoms with E-state index in [0.29, 0.717) is 11.9 Å². The average molecular weight is 451 g/mol. The van der Waals surface area contributed by atoms with Gasteiger partial charge in [-0.1, -0.05) is 54.1 Å². The van der Waals surface area contributed by atoms with E-state index in [2.05, 4.69) is 26.9 Å². The minimum Gasteiger partial charge on any atom is -0.309 e. The SMILES string of the molecule is O=c1[nH]c(CN2CCN(Cc3ccc(Cl)cc3)CC2)nc2scc(-c3ccccc3)c12. The maximum Gasteiger partial charge on any atom is 0.260 e. The van der Waals surface area contributed by atoms with Crippen LogP contribution in [0.15, 0.2) is 64.8 Å². The topological polar surface area (TPSA) is 52.2 Å². The summed E-state index contributed by atoms with van der Waals surface area (Å²) >= 11 is 7.51. The second kappa shape index (κ2) is 8.93. The maximum absolute atomic E-state index is 12.9. The fourth-order valence-electron chi connectivity index (χ4n) is 4.06. The Morgan fingerprint density at radius 3 is 2.32 bits per heavy atom. The molecule has 1 saturated heterocycles. The van der Waals surface area contributed by atoms with Gasteiger partial charge in [-0.3, -0.25) is 14.6 Å². The molecule has 31 heavy (non-hydrogen) atoms. The van der Waals surface area contributed by atoms with Crippen molar-refractivity contribution < 1.29 is 0 Å². The van der Waals surface area contributed by atoms with Crippen LogP contribution in [0.5, 0.6) is 0 Å². The third-order valence-corrected chi connectivity index (χ3v) is 6.86. The van der Waals surface area contributed by atoms with Gasteiger partial charge in [0.15, 0.2) is 0 Å². The maximum atomic E-state index is 12.9. The molecule has 5 nitrogen and oxygen atoms in total. The number of benzene rings is 2. The van der Waals surface area contributed by atoms with Gasteiger partial charge in [-0.05, 0) is 23.3 Å². The molecule has 0 amide bonds. The van der Waals surface area contributed by atoms with E-state index >= 15 is 0 Å². The first-order chi connectivity index (χ1) is 15.2. The number of thiophene rings is 1. The first-order valence-electron chi connectivity index (χ1n) is 10.4. The number of nitrogens with zero attached hydrogens (tertiary/aromatic N) is 3. The normalized spacial score (nSPS) is 15.5. The molecule has 5 rings (SSSR count). The predicted octanol–water partition coefficient (Wildman–Crippen LogP) is 4.62. The monoisotopic (exact) mass is 450 g/mol. The molecule has 7 heteroatoms. The van der Waals surface area contributed by atoms with Gasteiger partial charge in [0.05, 0.1) is 11.9 Å². The summed E-state index contributed by atoms with van der Waals surface area (Å²) < 4.78 is 0. The van der Waals surface area contributed by atoms with Gasteiger partial charge >= 0.3 is 0 Å². The lowest BCUT2D eigenvalue weighted by Crippen LogP contribution is -2.45.